The van der Waals surface area contributed by atoms with Crippen LogP contribution in [0.1, 0.15) is 23.1 Å². The Morgan fingerprint density at radius 2 is 2.00 bits per heavy atom. The van der Waals surface area contributed by atoms with Crippen LogP contribution in [0.15, 0.2) is 55.0 Å². The lowest BCUT2D eigenvalue weighted by Gasteiger charge is -2.24. The number of aryl methyl sites for hydroxylation is 2. The maximum Gasteiger partial charge on any atom is 0.103 e. The van der Waals surface area contributed by atoms with Gasteiger partial charge in [-0.05, 0) is 36.1 Å². The largest absolute Gasteiger partial charge is 0.384 e. The van der Waals surface area contributed by atoms with E-state index in [1.165, 1.54) is 5.56 Å². The van der Waals surface area contributed by atoms with Gasteiger partial charge >= 0.3 is 0 Å². The highest BCUT2D eigenvalue weighted by atomic mass is 16.3. The second-order valence-corrected chi connectivity index (χ2v) is 6.70. The van der Waals surface area contributed by atoms with Crippen molar-refractivity contribution in [3.63, 3.8) is 0 Å². The maximum atomic E-state index is 11.0. The Balaban J connectivity index is 1.48. The number of rotatable bonds is 5. The lowest BCUT2D eigenvalue weighted by Crippen LogP contribution is -2.36. The molecule has 0 aliphatic heterocycles. The van der Waals surface area contributed by atoms with Crippen molar-refractivity contribution in [1.82, 2.24) is 20.1 Å². The van der Waals surface area contributed by atoms with E-state index in [1.807, 2.05) is 48.3 Å². The van der Waals surface area contributed by atoms with E-state index in [0.29, 0.717) is 13.1 Å². The van der Waals surface area contributed by atoms with Gasteiger partial charge in [0.15, 0.2) is 0 Å². The van der Waals surface area contributed by atoms with Crippen molar-refractivity contribution < 1.29 is 5.11 Å². The first kappa shape index (κ1) is 16.0. The summed E-state index contributed by atoms with van der Waals surface area (Å²) in [7, 11) is 1.93. The summed E-state index contributed by atoms with van der Waals surface area (Å²) >= 11 is 0. The lowest BCUT2D eigenvalue weighted by molar-refractivity contribution is 0.0384. The van der Waals surface area contributed by atoms with Gasteiger partial charge in [0, 0.05) is 49.9 Å². The summed E-state index contributed by atoms with van der Waals surface area (Å²) in [5.74, 6) is 0. The number of pyridine rings is 1. The highest BCUT2D eigenvalue weighted by Crippen LogP contribution is 2.36. The molecule has 5 nitrogen and oxygen atoms in total. The number of hydrogen-bond donors (Lipinski definition) is 2. The smallest absolute Gasteiger partial charge is 0.103 e. The Labute approximate surface area is 147 Å². The quantitative estimate of drug-likeness (QED) is 0.752. The summed E-state index contributed by atoms with van der Waals surface area (Å²) in [6, 6.07) is 12.1. The number of nitrogens with zero attached hydrogens (tertiary/aromatic N) is 3. The van der Waals surface area contributed by atoms with Crippen molar-refractivity contribution in [3.05, 3.63) is 71.7 Å². The van der Waals surface area contributed by atoms with Gasteiger partial charge < -0.3 is 10.4 Å². The van der Waals surface area contributed by atoms with Crippen molar-refractivity contribution >= 4 is 0 Å². The van der Waals surface area contributed by atoms with Crippen LogP contribution in [0, 0.1) is 0 Å². The van der Waals surface area contributed by atoms with E-state index in [2.05, 4.69) is 21.5 Å². The number of aliphatic hydroxyl groups is 1. The van der Waals surface area contributed by atoms with E-state index in [1.54, 1.807) is 12.4 Å². The first-order valence-electron chi connectivity index (χ1n) is 8.60. The molecule has 2 heterocycles. The van der Waals surface area contributed by atoms with Gasteiger partial charge in [-0.1, -0.05) is 24.3 Å². The predicted octanol–water partition coefficient (Wildman–Crippen LogP) is 2.41. The van der Waals surface area contributed by atoms with Gasteiger partial charge in [-0.15, -0.1) is 0 Å². The van der Waals surface area contributed by atoms with Gasteiger partial charge in [0.1, 0.15) is 5.60 Å². The molecule has 0 saturated carbocycles. The molecule has 0 bridgehead atoms. The fourth-order valence-electron chi connectivity index (χ4n) is 3.68. The van der Waals surface area contributed by atoms with E-state index in [4.69, 9.17) is 0 Å². The molecule has 1 aliphatic carbocycles. The molecule has 2 aromatic heterocycles. The topological polar surface area (TPSA) is 63.0 Å². The number of hydrogen-bond acceptors (Lipinski definition) is 4. The summed E-state index contributed by atoms with van der Waals surface area (Å²) in [6.45, 7) is 1.20. The summed E-state index contributed by atoms with van der Waals surface area (Å²) in [6.07, 6.45) is 7.28. The second-order valence-electron chi connectivity index (χ2n) is 6.70. The molecule has 0 fully saturated rings. The molecule has 128 valence electrons. The van der Waals surface area contributed by atoms with E-state index in [0.717, 1.165) is 35.2 Å². The van der Waals surface area contributed by atoms with Gasteiger partial charge in [0.2, 0.25) is 0 Å². The monoisotopic (exact) mass is 334 g/mol. The van der Waals surface area contributed by atoms with E-state index < -0.39 is 5.60 Å². The van der Waals surface area contributed by atoms with Crippen LogP contribution >= 0.6 is 0 Å². The maximum absolute atomic E-state index is 11.0. The minimum absolute atomic E-state index is 0.536. The molecule has 2 N–H and O–H groups in total. The number of nitrogens with one attached hydrogen (secondary N) is 1. The molecule has 1 atom stereocenters. The molecule has 0 radical (unpaired) electrons. The first-order chi connectivity index (χ1) is 12.2. The third-order valence-electron chi connectivity index (χ3n) is 4.92. The molecule has 0 amide bonds. The third-order valence-corrected chi connectivity index (χ3v) is 4.92. The van der Waals surface area contributed by atoms with Gasteiger partial charge in [0.05, 0.1) is 5.69 Å². The minimum Gasteiger partial charge on any atom is -0.384 e. The molecular weight excluding hydrogens is 312 g/mol. The number of fused-ring (bicyclic) bond motifs is 1. The highest BCUT2D eigenvalue weighted by molar-refractivity contribution is 5.61. The van der Waals surface area contributed by atoms with Crippen LogP contribution in [0.5, 0.6) is 0 Å². The Kier molecular flexibility index (Phi) is 4.11. The molecule has 25 heavy (non-hydrogen) atoms. The average Bonchev–Trinajstić information content (AvgIpc) is 3.17. The second kappa shape index (κ2) is 6.43. The molecule has 5 heteroatoms. The van der Waals surface area contributed by atoms with E-state index in [9.17, 15) is 5.11 Å². The summed E-state index contributed by atoms with van der Waals surface area (Å²) in [4.78, 5) is 4.07. The first-order valence-corrected chi connectivity index (χ1v) is 8.60. The summed E-state index contributed by atoms with van der Waals surface area (Å²) in [5, 5.41) is 19.0. The van der Waals surface area contributed by atoms with Crippen LogP contribution in [-0.2, 0) is 25.6 Å². The van der Waals surface area contributed by atoms with Crippen LogP contribution in [0.3, 0.4) is 0 Å². The van der Waals surface area contributed by atoms with Crippen molar-refractivity contribution in [3.8, 4) is 11.3 Å². The number of aromatic nitrogens is 3. The van der Waals surface area contributed by atoms with Crippen molar-refractivity contribution in [1.29, 1.82) is 0 Å². The van der Waals surface area contributed by atoms with Crippen LogP contribution in [0.25, 0.3) is 11.3 Å². The van der Waals surface area contributed by atoms with Crippen LogP contribution in [-0.4, -0.2) is 26.4 Å². The van der Waals surface area contributed by atoms with Crippen LogP contribution < -0.4 is 5.32 Å². The van der Waals surface area contributed by atoms with Crippen LogP contribution in [0.4, 0.5) is 0 Å². The molecule has 3 aromatic rings. The normalized spacial score (nSPS) is 19.1. The SMILES string of the molecule is Cn1cc(CNCC2(O)CCc3ccccc32)c(-c2ccncc2)n1. The molecule has 0 saturated heterocycles. The molecule has 1 aromatic carbocycles. The van der Waals surface area contributed by atoms with E-state index >= 15 is 0 Å². The zero-order valence-corrected chi connectivity index (χ0v) is 14.3. The Bertz CT molecular complexity index is 874. The van der Waals surface area contributed by atoms with Gasteiger partial charge in [0.25, 0.3) is 0 Å². The summed E-state index contributed by atoms with van der Waals surface area (Å²) < 4.78 is 1.83. The molecular formula is C20H22N4O. The van der Waals surface area contributed by atoms with Gasteiger partial charge in [-0.3, -0.25) is 9.67 Å². The van der Waals surface area contributed by atoms with E-state index in [-0.39, 0.29) is 0 Å². The van der Waals surface area contributed by atoms with Gasteiger partial charge in [-0.2, -0.15) is 5.10 Å². The lowest BCUT2D eigenvalue weighted by atomic mass is 9.96. The Morgan fingerprint density at radius 1 is 1.20 bits per heavy atom. The average molecular weight is 334 g/mol. The molecule has 1 aliphatic rings. The van der Waals surface area contributed by atoms with Crippen LogP contribution in [0.2, 0.25) is 0 Å². The zero-order valence-electron chi connectivity index (χ0n) is 14.3. The standard InChI is InChI=1S/C20H22N4O/c1-24-13-17(19(23-24)16-7-10-21-11-8-16)12-22-14-20(25)9-6-15-4-2-3-5-18(15)20/h2-5,7-8,10-11,13,22,25H,6,9,12,14H2,1H3. The molecule has 4 rings (SSSR count). The van der Waals surface area contributed by atoms with Crippen molar-refractivity contribution in [2.24, 2.45) is 7.05 Å². The molecule has 0 spiro atoms. The summed E-state index contributed by atoms with van der Waals surface area (Å²) in [5.41, 5.74) is 4.65. The van der Waals surface area contributed by atoms with Gasteiger partial charge in [-0.25, -0.2) is 0 Å². The Hall–Kier alpha value is -2.50. The zero-order chi connectivity index (χ0) is 17.3. The minimum atomic E-state index is -0.782. The van der Waals surface area contributed by atoms with Crippen molar-refractivity contribution in [2.75, 3.05) is 6.54 Å². The third kappa shape index (κ3) is 3.08. The molecule has 1 unspecified atom stereocenters. The Morgan fingerprint density at radius 3 is 2.84 bits per heavy atom. The highest BCUT2D eigenvalue weighted by Gasteiger charge is 2.35. The van der Waals surface area contributed by atoms with Crippen molar-refractivity contribution in [2.45, 2.75) is 25.0 Å². The predicted molar refractivity (Wildman–Crippen MR) is 96.8 cm³/mol. The fraction of sp³-hybridized carbons (Fsp3) is 0.300. The number of benzene rings is 1. The fourth-order valence-corrected chi connectivity index (χ4v) is 3.68.